The number of rotatable bonds is 7. The van der Waals surface area contributed by atoms with E-state index in [0.29, 0.717) is 17.8 Å². The fraction of sp³-hybridized carbons (Fsp3) is 0.500. The van der Waals surface area contributed by atoms with Gasteiger partial charge in [-0.3, -0.25) is 0 Å². The van der Waals surface area contributed by atoms with E-state index < -0.39 is 7.12 Å². The summed E-state index contributed by atoms with van der Waals surface area (Å²) < 4.78 is 5.55. The molecule has 0 spiro atoms. The zero-order valence-electron chi connectivity index (χ0n) is 10.5. The Morgan fingerprint density at radius 3 is 2.71 bits per heavy atom. The molecule has 0 aliphatic rings. The standard InChI is InChI=1S/C12H20BNO3/c1-3-7-14(2)8-9-17-12-6-4-5-11(10-12)13(15)16/h4-6,10,15-16H,3,7-9H2,1-2H3. The summed E-state index contributed by atoms with van der Waals surface area (Å²) in [6.07, 6.45) is 1.13. The first-order chi connectivity index (χ1) is 8.13. The Balaban J connectivity index is 2.38. The van der Waals surface area contributed by atoms with Gasteiger partial charge in [-0.05, 0) is 37.6 Å². The molecule has 0 unspecified atom stereocenters. The molecule has 1 aromatic carbocycles. The topological polar surface area (TPSA) is 52.9 Å². The normalized spacial score (nSPS) is 10.6. The van der Waals surface area contributed by atoms with Gasteiger partial charge in [-0.15, -0.1) is 0 Å². The second kappa shape index (κ2) is 7.32. The second-order valence-corrected chi connectivity index (χ2v) is 4.10. The van der Waals surface area contributed by atoms with Crippen LogP contribution in [0.2, 0.25) is 0 Å². The minimum absolute atomic E-state index is 0.449. The van der Waals surface area contributed by atoms with Crippen LogP contribution in [-0.4, -0.2) is 48.8 Å². The Kier molecular flexibility index (Phi) is 6.04. The lowest BCUT2D eigenvalue weighted by Crippen LogP contribution is -2.30. The van der Waals surface area contributed by atoms with Crippen molar-refractivity contribution >= 4 is 12.6 Å². The molecule has 17 heavy (non-hydrogen) atoms. The third-order valence-corrected chi connectivity index (χ3v) is 2.50. The van der Waals surface area contributed by atoms with Crippen molar-refractivity contribution in [3.05, 3.63) is 24.3 Å². The molecule has 4 nitrogen and oxygen atoms in total. The van der Waals surface area contributed by atoms with E-state index in [2.05, 4.69) is 18.9 Å². The van der Waals surface area contributed by atoms with Crippen molar-refractivity contribution in [1.29, 1.82) is 0 Å². The van der Waals surface area contributed by atoms with Gasteiger partial charge in [0.1, 0.15) is 12.4 Å². The van der Waals surface area contributed by atoms with Gasteiger partial charge in [0, 0.05) is 6.54 Å². The van der Waals surface area contributed by atoms with Gasteiger partial charge in [0.15, 0.2) is 0 Å². The Hall–Kier alpha value is -1.04. The van der Waals surface area contributed by atoms with Crippen LogP contribution in [0.3, 0.4) is 0 Å². The molecule has 0 heterocycles. The number of benzene rings is 1. The summed E-state index contributed by atoms with van der Waals surface area (Å²) in [6, 6.07) is 6.86. The lowest BCUT2D eigenvalue weighted by molar-refractivity contribution is 0.238. The fourth-order valence-corrected chi connectivity index (χ4v) is 1.58. The summed E-state index contributed by atoms with van der Waals surface area (Å²) in [5, 5.41) is 18.0. The van der Waals surface area contributed by atoms with Gasteiger partial charge in [-0.2, -0.15) is 0 Å². The van der Waals surface area contributed by atoms with Crippen molar-refractivity contribution < 1.29 is 14.8 Å². The number of likely N-dealkylation sites (N-methyl/N-ethyl adjacent to an activating group) is 1. The highest BCUT2D eigenvalue weighted by Gasteiger charge is 2.10. The van der Waals surface area contributed by atoms with Crippen molar-refractivity contribution in [2.24, 2.45) is 0 Å². The number of nitrogens with zero attached hydrogens (tertiary/aromatic N) is 1. The van der Waals surface area contributed by atoms with E-state index in [4.69, 9.17) is 14.8 Å². The van der Waals surface area contributed by atoms with E-state index >= 15 is 0 Å². The first kappa shape index (κ1) is 14.0. The average molecular weight is 237 g/mol. The highest BCUT2D eigenvalue weighted by atomic mass is 16.5. The number of ether oxygens (including phenoxy) is 1. The molecule has 1 rings (SSSR count). The van der Waals surface area contributed by atoms with Gasteiger partial charge in [0.2, 0.25) is 0 Å². The van der Waals surface area contributed by atoms with Gasteiger partial charge in [-0.1, -0.05) is 19.1 Å². The third-order valence-electron chi connectivity index (χ3n) is 2.50. The van der Waals surface area contributed by atoms with Crippen molar-refractivity contribution in [3.63, 3.8) is 0 Å². The molecule has 0 atom stereocenters. The monoisotopic (exact) mass is 237 g/mol. The van der Waals surface area contributed by atoms with E-state index in [1.807, 2.05) is 6.07 Å². The summed E-state index contributed by atoms with van der Waals surface area (Å²) in [4.78, 5) is 2.20. The van der Waals surface area contributed by atoms with Crippen LogP contribution < -0.4 is 10.2 Å². The van der Waals surface area contributed by atoms with Crippen LogP contribution >= 0.6 is 0 Å². The van der Waals surface area contributed by atoms with Crippen LogP contribution in [0.1, 0.15) is 13.3 Å². The van der Waals surface area contributed by atoms with E-state index in [-0.39, 0.29) is 0 Å². The minimum Gasteiger partial charge on any atom is -0.492 e. The smallest absolute Gasteiger partial charge is 0.488 e. The Morgan fingerprint density at radius 1 is 1.29 bits per heavy atom. The predicted octanol–water partition coefficient (Wildman–Crippen LogP) is 0.0870. The molecule has 0 saturated carbocycles. The molecule has 0 saturated heterocycles. The first-order valence-corrected chi connectivity index (χ1v) is 5.91. The SMILES string of the molecule is CCCN(C)CCOc1cccc(B(O)O)c1. The van der Waals surface area contributed by atoms with Crippen molar-refractivity contribution in [2.45, 2.75) is 13.3 Å². The molecule has 1 aromatic rings. The Labute approximate surface area is 103 Å². The minimum atomic E-state index is -1.44. The lowest BCUT2D eigenvalue weighted by Gasteiger charge is -2.15. The van der Waals surface area contributed by atoms with Crippen LogP contribution in [0.25, 0.3) is 0 Å². The molecule has 0 bridgehead atoms. The first-order valence-electron chi connectivity index (χ1n) is 5.91. The van der Waals surface area contributed by atoms with Crippen molar-refractivity contribution in [3.8, 4) is 5.75 Å². The van der Waals surface area contributed by atoms with Crippen LogP contribution in [0.15, 0.2) is 24.3 Å². The Bertz CT molecular complexity index is 333. The molecule has 0 fully saturated rings. The van der Waals surface area contributed by atoms with E-state index in [0.717, 1.165) is 19.5 Å². The quantitative estimate of drug-likeness (QED) is 0.660. The molecule has 0 aliphatic carbocycles. The predicted molar refractivity (Wildman–Crippen MR) is 69.6 cm³/mol. The zero-order valence-corrected chi connectivity index (χ0v) is 10.5. The van der Waals surface area contributed by atoms with Gasteiger partial charge in [-0.25, -0.2) is 0 Å². The Morgan fingerprint density at radius 2 is 2.06 bits per heavy atom. The van der Waals surface area contributed by atoms with Gasteiger partial charge in [0.25, 0.3) is 0 Å². The van der Waals surface area contributed by atoms with Crippen molar-refractivity contribution in [2.75, 3.05) is 26.7 Å². The van der Waals surface area contributed by atoms with Gasteiger partial charge in [0.05, 0.1) is 0 Å². The fourth-order valence-electron chi connectivity index (χ4n) is 1.58. The highest BCUT2D eigenvalue weighted by molar-refractivity contribution is 6.58. The summed E-state index contributed by atoms with van der Waals surface area (Å²) in [6.45, 7) is 4.66. The van der Waals surface area contributed by atoms with Crippen LogP contribution in [0, 0.1) is 0 Å². The molecule has 5 heteroatoms. The molecule has 0 aliphatic heterocycles. The molecule has 0 aromatic heterocycles. The molecule has 94 valence electrons. The summed E-state index contributed by atoms with van der Waals surface area (Å²) >= 11 is 0. The summed E-state index contributed by atoms with van der Waals surface area (Å²) in [5.74, 6) is 0.667. The number of hydrogen-bond acceptors (Lipinski definition) is 4. The maximum atomic E-state index is 9.02. The highest BCUT2D eigenvalue weighted by Crippen LogP contribution is 2.07. The molecule has 2 N–H and O–H groups in total. The summed E-state index contributed by atoms with van der Waals surface area (Å²) in [5.41, 5.74) is 0.449. The van der Waals surface area contributed by atoms with Gasteiger partial charge >= 0.3 is 7.12 Å². The summed E-state index contributed by atoms with van der Waals surface area (Å²) in [7, 11) is 0.613. The van der Waals surface area contributed by atoms with Crippen LogP contribution in [-0.2, 0) is 0 Å². The van der Waals surface area contributed by atoms with Gasteiger partial charge < -0.3 is 19.7 Å². The van der Waals surface area contributed by atoms with Crippen LogP contribution in [0.4, 0.5) is 0 Å². The van der Waals surface area contributed by atoms with E-state index in [9.17, 15) is 0 Å². The van der Waals surface area contributed by atoms with Crippen LogP contribution in [0.5, 0.6) is 5.75 Å². The largest absolute Gasteiger partial charge is 0.492 e. The average Bonchev–Trinajstić information content (AvgIpc) is 2.30. The van der Waals surface area contributed by atoms with E-state index in [1.54, 1.807) is 18.2 Å². The van der Waals surface area contributed by atoms with E-state index in [1.165, 1.54) is 0 Å². The molecular formula is C12H20BNO3. The third kappa shape index (κ3) is 5.21. The maximum Gasteiger partial charge on any atom is 0.488 e. The van der Waals surface area contributed by atoms with Crippen molar-refractivity contribution in [1.82, 2.24) is 4.90 Å². The second-order valence-electron chi connectivity index (χ2n) is 4.10. The lowest BCUT2D eigenvalue weighted by atomic mass is 9.80. The molecular weight excluding hydrogens is 217 g/mol. The zero-order chi connectivity index (χ0) is 12.7. The molecule has 0 radical (unpaired) electrons. The number of hydrogen-bond donors (Lipinski definition) is 2. The maximum absolute atomic E-state index is 9.02. The molecule has 0 amide bonds.